The molecule has 0 saturated heterocycles. The highest BCUT2D eigenvalue weighted by molar-refractivity contribution is 6.56. The monoisotopic (exact) mass is 1240 g/mol. The summed E-state index contributed by atoms with van der Waals surface area (Å²) in [5.74, 6) is 0.0862. The van der Waals surface area contributed by atoms with Gasteiger partial charge in [-0.3, -0.25) is 9.59 Å². The van der Waals surface area contributed by atoms with Gasteiger partial charge in [0.25, 0.3) is 0 Å². The number of benzene rings is 4. The van der Waals surface area contributed by atoms with Gasteiger partial charge in [-0.15, -0.1) is 0 Å². The third-order valence-corrected chi connectivity index (χ3v) is 19.3. The Morgan fingerprint density at radius 2 is 0.602 bits per heavy atom. The first kappa shape index (κ1) is 70.5. The van der Waals surface area contributed by atoms with Crippen LogP contribution in [0.1, 0.15) is 285 Å². The molecule has 7 rings (SSSR count). The summed E-state index contributed by atoms with van der Waals surface area (Å²) in [6, 6.07) is 25.5. The van der Waals surface area contributed by atoms with Gasteiger partial charge in [-0.05, 0) is 49.9 Å². The Morgan fingerprint density at radius 1 is 0.330 bits per heavy atom. The van der Waals surface area contributed by atoms with E-state index in [0.717, 1.165) is 95.2 Å². The summed E-state index contributed by atoms with van der Waals surface area (Å²) in [6.45, 7) is 11.9. The zero-order valence-corrected chi connectivity index (χ0v) is 56.8. The van der Waals surface area contributed by atoms with Crippen molar-refractivity contribution in [2.75, 3.05) is 23.8 Å². The molecular formula is C78H114Cl2N4O4. The van der Waals surface area contributed by atoms with Gasteiger partial charge in [-0.2, -0.15) is 0 Å². The van der Waals surface area contributed by atoms with Crippen LogP contribution in [0, 0.1) is 0 Å². The number of fused-ring (bicyclic) bond motifs is 6. The van der Waals surface area contributed by atoms with Crippen molar-refractivity contribution in [1.82, 2.24) is 9.13 Å². The van der Waals surface area contributed by atoms with Crippen LogP contribution in [0.2, 0.25) is 0 Å². The van der Waals surface area contributed by atoms with Gasteiger partial charge in [0.2, 0.25) is 11.6 Å². The molecule has 2 aromatic heterocycles. The van der Waals surface area contributed by atoms with Gasteiger partial charge in [0.05, 0.1) is 35.6 Å². The number of aryl methyl sites for hydroxylation is 2. The van der Waals surface area contributed by atoms with Crippen LogP contribution in [0.5, 0.6) is 11.5 Å². The van der Waals surface area contributed by atoms with Crippen molar-refractivity contribution in [3.8, 4) is 11.5 Å². The number of unbranched alkanes of at least 4 members (excludes halogenated alkanes) is 36. The average molecular weight is 1240 g/mol. The molecule has 2 N–H and O–H groups in total. The molecule has 484 valence electrons. The molecule has 0 fully saturated rings. The first-order valence-electron chi connectivity index (χ1n) is 36.1. The van der Waals surface area contributed by atoms with Crippen molar-refractivity contribution in [2.45, 2.75) is 298 Å². The number of aromatic nitrogens is 2. The molecule has 8 nitrogen and oxygen atoms in total. The van der Waals surface area contributed by atoms with E-state index in [-0.39, 0.29) is 21.5 Å². The van der Waals surface area contributed by atoms with Crippen LogP contribution in [-0.2, 0) is 22.7 Å². The maximum absolute atomic E-state index is 14.8. The molecule has 0 saturated carbocycles. The van der Waals surface area contributed by atoms with Crippen molar-refractivity contribution in [2.24, 2.45) is 0 Å². The van der Waals surface area contributed by atoms with Crippen molar-refractivity contribution in [3.05, 3.63) is 94.3 Å². The highest BCUT2D eigenvalue weighted by Gasteiger charge is 2.35. The van der Waals surface area contributed by atoms with E-state index in [4.69, 9.17) is 32.7 Å². The lowest BCUT2D eigenvalue weighted by molar-refractivity contribution is -0.115. The number of nitrogens with zero attached hydrogens (tertiary/aromatic N) is 2. The fourth-order valence-electron chi connectivity index (χ4n) is 13.3. The zero-order valence-electron chi connectivity index (χ0n) is 55.3. The van der Waals surface area contributed by atoms with Crippen LogP contribution in [0.3, 0.4) is 0 Å². The van der Waals surface area contributed by atoms with Crippen molar-refractivity contribution >= 4 is 89.8 Å². The van der Waals surface area contributed by atoms with Crippen LogP contribution in [-0.4, -0.2) is 33.9 Å². The minimum atomic E-state index is -0.570. The van der Waals surface area contributed by atoms with Crippen LogP contribution >= 0.6 is 23.2 Å². The number of allylic oxidation sites excluding steroid dienone is 2. The summed E-state index contributed by atoms with van der Waals surface area (Å²) in [5.41, 5.74) is 5.50. The smallest absolute Gasteiger partial charge is 0.224 e. The summed E-state index contributed by atoms with van der Waals surface area (Å²) in [7, 11) is 0. The number of hydrogen-bond acceptors (Lipinski definition) is 6. The molecular weight excluding hydrogens is 1130 g/mol. The first-order chi connectivity index (χ1) is 43.3. The van der Waals surface area contributed by atoms with Gasteiger partial charge >= 0.3 is 0 Å². The molecule has 0 bridgehead atoms. The highest BCUT2D eigenvalue weighted by atomic mass is 35.5. The molecule has 0 radical (unpaired) electrons. The molecule has 4 aromatic carbocycles. The second-order valence-corrected chi connectivity index (χ2v) is 26.5. The van der Waals surface area contributed by atoms with E-state index >= 15 is 0 Å². The summed E-state index contributed by atoms with van der Waals surface area (Å²) < 4.78 is 18.4. The number of anilines is 2. The molecule has 0 amide bonds. The van der Waals surface area contributed by atoms with Gasteiger partial charge in [0, 0.05) is 57.8 Å². The lowest BCUT2D eigenvalue weighted by Crippen LogP contribution is -2.27. The van der Waals surface area contributed by atoms with Crippen LogP contribution in [0.25, 0.3) is 43.6 Å². The van der Waals surface area contributed by atoms with Crippen LogP contribution in [0.15, 0.2) is 94.3 Å². The summed E-state index contributed by atoms with van der Waals surface area (Å²) >= 11 is 14.4. The fourth-order valence-corrected chi connectivity index (χ4v) is 13.7. The number of rotatable bonds is 50. The minimum absolute atomic E-state index is 0.0672. The second-order valence-electron chi connectivity index (χ2n) is 25.8. The van der Waals surface area contributed by atoms with Gasteiger partial charge in [0.1, 0.15) is 33.0 Å². The Balaban J connectivity index is 1.12. The van der Waals surface area contributed by atoms with E-state index in [9.17, 15) is 9.59 Å². The largest absolute Gasteiger partial charge is 0.491 e. The predicted molar refractivity (Wildman–Crippen MR) is 380 cm³/mol. The number of carbonyl (C=O) groups is 2. The van der Waals surface area contributed by atoms with Crippen molar-refractivity contribution in [1.29, 1.82) is 0 Å². The third kappa shape index (κ3) is 21.6. The van der Waals surface area contributed by atoms with E-state index in [1.807, 2.05) is 0 Å². The Labute approximate surface area is 542 Å². The van der Waals surface area contributed by atoms with Crippen molar-refractivity contribution < 1.29 is 19.1 Å². The van der Waals surface area contributed by atoms with E-state index < -0.39 is 11.6 Å². The fraction of sp³-hybridized carbons (Fsp3) is 0.615. The first-order valence-corrected chi connectivity index (χ1v) is 36.8. The molecule has 0 unspecified atom stereocenters. The normalized spacial score (nSPS) is 13.0. The number of nitrogens with one attached hydrogen (secondary N) is 2. The molecule has 1 aliphatic carbocycles. The lowest BCUT2D eigenvalue weighted by Gasteiger charge is -2.22. The minimum Gasteiger partial charge on any atom is -0.491 e. The second kappa shape index (κ2) is 40.7. The van der Waals surface area contributed by atoms with Crippen LogP contribution < -0.4 is 20.1 Å². The molecule has 0 spiro atoms. The summed E-state index contributed by atoms with van der Waals surface area (Å²) in [4.78, 5) is 29.7. The Kier molecular flexibility index (Phi) is 32.7. The Hall–Kier alpha value is -4.92. The third-order valence-electron chi connectivity index (χ3n) is 18.5. The number of hydrogen-bond donors (Lipinski definition) is 2. The number of ketones is 2. The predicted octanol–water partition coefficient (Wildman–Crippen LogP) is 24.9. The maximum atomic E-state index is 14.8. The average Bonchev–Trinajstić information content (AvgIpc) is 1.66. The SMILES string of the molecule is CCCCCCCCCCCCOc1cc2c(cc1NC1=C(Cl)C(=O)C(Nc3cc4c5ccccc5n(CCCCCCCCCCCC)c4cc3OCCCCCCCCCCCC)=C(Cl)C1=O)c1ccccc1n2CCCCCCCCCCCC. The number of carbonyl (C=O) groups excluding carboxylic acids is 2. The van der Waals surface area contributed by atoms with E-state index in [1.165, 1.54) is 218 Å². The number of ether oxygens (including phenoxy) is 2. The topological polar surface area (TPSA) is 86.5 Å². The van der Waals surface area contributed by atoms with Crippen LogP contribution in [0.4, 0.5) is 11.4 Å². The van der Waals surface area contributed by atoms with Gasteiger partial charge in [-0.1, -0.05) is 318 Å². The maximum Gasteiger partial charge on any atom is 0.224 e. The summed E-state index contributed by atoms with van der Waals surface area (Å²) in [6.07, 6.45) is 50.2. The van der Waals surface area contributed by atoms with E-state index in [1.54, 1.807) is 0 Å². The number of para-hydroxylation sites is 2. The van der Waals surface area contributed by atoms with E-state index in [0.29, 0.717) is 36.1 Å². The molecule has 10 heteroatoms. The van der Waals surface area contributed by atoms with Gasteiger partial charge < -0.3 is 29.2 Å². The standard InChI is InChI=1S/C78H114Cl2N4O4/c1-5-9-13-17-21-25-29-33-37-45-53-83-67-51-43-41-49-61(67)63-57-65(71(59-69(63)83)87-55-47-39-35-31-27-23-19-15-11-7-3)81-75-73(79)78(86)76(74(80)77(75)85)82-66-58-64-62-50-42-44-52-68(62)84(54-46-38-34-30-26-22-18-14-10-6-2)70(64)60-72(66)88-56-48-40-36-32-28-24-20-16-12-8-4/h41-44,49-52,57-60,81-82H,5-40,45-48,53-56H2,1-4H3. The van der Waals surface area contributed by atoms with Crippen molar-refractivity contribution in [3.63, 3.8) is 0 Å². The van der Waals surface area contributed by atoms with E-state index in [2.05, 4.69) is 120 Å². The number of Topliss-reactive ketones (excluding diaryl/α,β-unsaturated/α-hetero) is 2. The lowest BCUT2D eigenvalue weighted by atomic mass is 10.0. The van der Waals surface area contributed by atoms with Gasteiger partial charge in [-0.25, -0.2) is 0 Å². The quantitative estimate of drug-likeness (QED) is 0.0292. The molecule has 6 aromatic rings. The van der Waals surface area contributed by atoms with Gasteiger partial charge in [0.15, 0.2) is 0 Å². The molecule has 1 aliphatic rings. The Bertz CT molecular complexity index is 2890. The number of halogens is 2. The molecule has 88 heavy (non-hydrogen) atoms. The molecule has 2 heterocycles. The Morgan fingerprint density at radius 3 is 0.909 bits per heavy atom. The zero-order chi connectivity index (χ0) is 62.0. The highest BCUT2D eigenvalue weighted by Crippen LogP contribution is 2.42. The molecule has 0 aliphatic heterocycles. The molecule has 0 atom stereocenters. The summed E-state index contributed by atoms with van der Waals surface area (Å²) in [5, 5.41) is 10.6.